The Morgan fingerprint density at radius 3 is 2.50 bits per heavy atom. The molecule has 0 aliphatic carbocycles. The molecule has 0 spiro atoms. The van der Waals surface area contributed by atoms with Gasteiger partial charge in [-0.15, -0.1) is 0 Å². The SMILES string of the molecule is CCCCCN(Cc1ccc(Cl)cc1)C(=O)CN. The van der Waals surface area contributed by atoms with Gasteiger partial charge in [-0.25, -0.2) is 0 Å². The second-order valence-corrected chi connectivity index (χ2v) is 4.79. The Kier molecular flexibility index (Phi) is 6.76. The van der Waals surface area contributed by atoms with Crippen LogP contribution in [0.4, 0.5) is 0 Å². The zero-order valence-corrected chi connectivity index (χ0v) is 11.6. The van der Waals surface area contributed by atoms with Gasteiger partial charge in [-0.2, -0.15) is 0 Å². The van der Waals surface area contributed by atoms with E-state index in [-0.39, 0.29) is 12.5 Å². The largest absolute Gasteiger partial charge is 0.337 e. The summed E-state index contributed by atoms with van der Waals surface area (Å²) < 4.78 is 0. The molecular weight excluding hydrogens is 248 g/mol. The molecule has 18 heavy (non-hydrogen) atoms. The minimum atomic E-state index is 0.000975. The van der Waals surface area contributed by atoms with Crippen molar-refractivity contribution >= 4 is 17.5 Å². The van der Waals surface area contributed by atoms with E-state index >= 15 is 0 Å². The maximum absolute atomic E-state index is 11.8. The van der Waals surface area contributed by atoms with E-state index in [0.717, 1.165) is 31.4 Å². The lowest BCUT2D eigenvalue weighted by Crippen LogP contribution is -2.36. The zero-order chi connectivity index (χ0) is 13.4. The number of carbonyl (C=O) groups is 1. The predicted molar refractivity (Wildman–Crippen MR) is 75.4 cm³/mol. The summed E-state index contributed by atoms with van der Waals surface area (Å²) in [4.78, 5) is 13.6. The molecule has 0 radical (unpaired) electrons. The fourth-order valence-corrected chi connectivity index (χ4v) is 1.91. The van der Waals surface area contributed by atoms with Crippen LogP contribution in [0.5, 0.6) is 0 Å². The van der Waals surface area contributed by atoms with Gasteiger partial charge in [0.15, 0.2) is 0 Å². The smallest absolute Gasteiger partial charge is 0.236 e. The molecule has 100 valence electrons. The van der Waals surface area contributed by atoms with E-state index in [1.807, 2.05) is 29.2 Å². The van der Waals surface area contributed by atoms with Crippen LogP contribution in [0.1, 0.15) is 31.7 Å². The van der Waals surface area contributed by atoms with Gasteiger partial charge in [0.1, 0.15) is 0 Å². The Balaban J connectivity index is 2.59. The monoisotopic (exact) mass is 268 g/mol. The molecule has 0 aliphatic rings. The number of nitrogens with zero attached hydrogens (tertiary/aromatic N) is 1. The second kappa shape index (κ2) is 8.11. The minimum Gasteiger partial charge on any atom is -0.337 e. The van der Waals surface area contributed by atoms with Crippen molar-refractivity contribution in [1.82, 2.24) is 4.90 Å². The van der Waals surface area contributed by atoms with Crippen LogP contribution in [0.15, 0.2) is 24.3 Å². The van der Waals surface area contributed by atoms with Crippen molar-refractivity contribution < 1.29 is 4.79 Å². The van der Waals surface area contributed by atoms with E-state index in [2.05, 4.69) is 6.92 Å². The second-order valence-electron chi connectivity index (χ2n) is 4.35. The van der Waals surface area contributed by atoms with Crippen LogP contribution in [0, 0.1) is 0 Å². The Hall–Kier alpha value is -1.06. The van der Waals surface area contributed by atoms with Crippen molar-refractivity contribution in [2.24, 2.45) is 5.73 Å². The molecule has 0 atom stereocenters. The molecule has 0 unspecified atom stereocenters. The molecule has 2 N–H and O–H groups in total. The van der Waals surface area contributed by atoms with Crippen molar-refractivity contribution in [1.29, 1.82) is 0 Å². The summed E-state index contributed by atoms with van der Waals surface area (Å²) in [6.07, 6.45) is 3.30. The van der Waals surface area contributed by atoms with Gasteiger partial charge in [0, 0.05) is 18.1 Å². The highest BCUT2D eigenvalue weighted by Crippen LogP contribution is 2.12. The molecule has 0 saturated heterocycles. The highest BCUT2D eigenvalue weighted by molar-refractivity contribution is 6.30. The van der Waals surface area contributed by atoms with Gasteiger partial charge >= 0.3 is 0 Å². The number of amides is 1. The van der Waals surface area contributed by atoms with Crippen molar-refractivity contribution in [3.8, 4) is 0 Å². The van der Waals surface area contributed by atoms with Gasteiger partial charge in [0.25, 0.3) is 0 Å². The lowest BCUT2D eigenvalue weighted by Gasteiger charge is -2.22. The van der Waals surface area contributed by atoms with E-state index in [4.69, 9.17) is 17.3 Å². The third kappa shape index (κ3) is 5.07. The summed E-state index contributed by atoms with van der Waals surface area (Å²) in [5, 5.41) is 0.710. The van der Waals surface area contributed by atoms with Crippen molar-refractivity contribution in [2.45, 2.75) is 32.7 Å². The summed E-state index contributed by atoms with van der Waals surface area (Å²) >= 11 is 5.84. The quantitative estimate of drug-likeness (QED) is 0.773. The van der Waals surface area contributed by atoms with Crippen LogP contribution >= 0.6 is 11.6 Å². The topological polar surface area (TPSA) is 46.3 Å². The molecule has 0 aromatic heterocycles. The summed E-state index contributed by atoms with van der Waals surface area (Å²) in [5.74, 6) is 0.000975. The molecule has 1 rings (SSSR count). The number of rotatable bonds is 7. The molecule has 0 heterocycles. The van der Waals surface area contributed by atoms with Crippen molar-refractivity contribution in [3.05, 3.63) is 34.9 Å². The van der Waals surface area contributed by atoms with Gasteiger partial charge in [-0.05, 0) is 24.1 Å². The zero-order valence-electron chi connectivity index (χ0n) is 10.9. The molecule has 0 saturated carbocycles. The Labute approximate surface area is 114 Å². The van der Waals surface area contributed by atoms with Crippen LogP contribution < -0.4 is 5.73 Å². The van der Waals surface area contributed by atoms with E-state index in [1.165, 1.54) is 0 Å². The lowest BCUT2D eigenvalue weighted by atomic mass is 10.2. The molecule has 0 fully saturated rings. The first-order chi connectivity index (χ1) is 8.67. The summed E-state index contributed by atoms with van der Waals surface area (Å²) in [5.41, 5.74) is 6.52. The van der Waals surface area contributed by atoms with Gasteiger partial charge in [-0.3, -0.25) is 4.79 Å². The van der Waals surface area contributed by atoms with E-state index in [0.29, 0.717) is 11.6 Å². The Morgan fingerprint density at radius 2 is 1.94 bits per heavy atom. The fraction of sp³-hybridized carbons (Fsp3) is 0.500. The normalized spacial score (nSPS) is 10.4. The van der Waals surface area contributed by atoms with E-state index in [9.17, 15) is 4.79 Å². The summed E-state index contributed by atoms with van der Waals surface area (Å²) in [6, 6.07) is 7.57. The van der Waals surface area contributed by atoms with Crippen LogP contribution in [0.3, 0.4) is 0 Å². The Bertz CT molecular complexity index is 365. The third-order valence-corrected chi connectivity index (χ3v) is 3.10. The maximum atomic E-state index is 11.8. The van der Waals surface area contributed by atoms with Crippen LogP contribution in [-0.4, -0.2) is 23.9 Å². The van der Waals surface area contributed by atoms with Gasteiger partial charge in [0.05, 0.1) is 6.54 Å². The lowest BCUT2D eigenvalue weighted by molar-refractivity contribution is -0.130. The average Bonchev–Trinajstić information content (AvgIpc) is 2.39. The van der Waals surface area contributed by atoms with Crippen LogP contribution in [-0.2, 0) is 11.3 Å². The first-order valence-corrected chi connectivity index (χ1v) is 6.77. The number of nitrogens with two attached hydrogens (primary N) is 1. The summed E-state index contributed by atoms with van der Waals surface area (Å²) in [6.45, 7) is 3.59. The average molecular weight is 269 g/mol. The third-order valence-electron chi connectivity index (χ3n) is 2.85. The number of hydrogen-bond acceptors (Lipinski definition) is 2. The summed E-state index contributed by atoms with van der Waals surface area (Å²) in [7, 11) is 0. The van der Waals surface area contributed by atoms with Crippen molar-refractivity contribution in [3.63, 3.8) is 0 Å². The molecule has 3 nitrogen and oxygen atoms in total. The molecule has 1 aromatic rings. The minimum absolute atomic E-state index is 0.000975. The number of benzene rings is 1. The first kappa shape index (κ1) is 15.0. The standard InChI is InChI=1S/C14H21ClN2O/c1-2-3-4-9-17(14(18)10-16)11-12-5-7-13(15)8-6-12/h5-8H,2-4,9-11,16H2,1H3. The van der Waals surface area contributed by atoms with Crippen LogP contribution in [0.2, 0.25) is 5.02 Å². The maximum Gasteiger partial charge on any atom is 0.236 e. The molecule has 1 aromatic carbocycles. The highest BCUT2D eigenvalue weighted by atomic mass is 35.5. The number of hydrogen-bond donors (Lipinski definition) is 1. The predicted octanol–water partition coefficient (Wildman–Crippen LogP) is 2.82. The Morgan fingerprint density at radius 1 is 1.28 bits per heavy atom. The molecule has 4 heteroatoms. The van der Waals surface area contributed by atoms with Crippen molar-refractivity contribution in [2.75, 3.05) is 13.1 Å². The first-order valence-electron chi connectivity index (χ1n) is 6.39. The van der Waals surface area contributed by atoms with E-state index < -0.39 is 0 Å². The van der Waals surface area contributed by atoms with Crippen LogP contribution in [0.25, 0.3) is 0 Å². The van der Waals surface area contributed by atoms with E-state index in [1.54, 1.807) is 0 Å². The van der Waals surface area contributed by atoms with Gasteiger partial charge in [-0.1, -0.05) is 43.5 Å². The molecular formula is C14H21ClN2O. The number of halogens is 1. The van der Waals surface area contributed by atoms with Gasteiger partial charge < -0.3 is 10.6 Å². The molecule has 0 bridgehead atoms. The number of unbranched alkanes of at least 4 members (excludes halogenated alkanes) is 2. The molecule has 0 aliphatic heterocycles. The van der Waals surface area contributed by atoms with Gasteiger partial charge in [0.2, 0.25) is 5.91 Å². The fourth-order valence-electron chi connectivity index (χ4n) is 1.78. The molecule has 1 amide bonds. The number of carbonyl (C=O) groups excluding carboxylic acids is 1. The highest BCUT2D eigenvalue weighted by Gasteiger charge is 2.11.